The van der Waals surface area contributed by atoms with Crippen molar-refractivity contribution in [1.82, 2.24) is 15.0 Å². The van der Waals surface area contributed by atoms with Crippen molar-refractivity contribution in [2.75, 3.05) is 36.2 Å². The Kier molecular flexibility index (Phi) is 7.08. The number of nitrogens with zero attached hydrogens (tertiary/aromatic N) is 4. The SMILES string of the molecule is C[C@H]1COCCN1c1cc(CS(C)=O)nc(-c2cnc(NC(=O)Oc3ccccc3)s2)n1. The lowest BCUT2D eigenvalue weighted by atomic mass is 10.2. The van der Waals surface area contributed by atoms with E-state index in [-0.39, 0.29) is 6.04 Å². The molecule has 168 valence electrons. The molecule has 1 aliphatic heterocycles. The number of rotatable bonds is 6. The van der Waals surface area contributed by atoms with Crippen LogP contribution in [0.1, 0.15) is 12.6 Å². The number of thiazole rings is 1. The molecular formula is C21H23N5O4S2. The van der Waals surface area contributed by atoms with Crippen LogP contribution in [-0.2, 0) is 21.3 Å². The molecule has 3 heterocycles. The third kappa shape index (κ3) is 5.67. The molecule has 1 aromatic carbocycles. The Morgan fingerprint density at radius 2 is 2.16 bits per heavy atom. The van der Waals surface area contributed by atoms with Gasteiger partial charge in [0, 0.05) is 29.7 Å². The Bertz CT molecular complexity index is 1110. The smallest absolute Gasteiger partial charge is 0.410 e. The van der Waals surface area contributed by atoms with Crippen LogP contribution in [0.4, 0.5) is 15.7 Å². The van der Waals surface area contributed by atoms with Crippen LogP contribution < -0.4 is 15.0 Å². The van der Waals surface area contributed by atoms with Gasteiger partial charge in [0.05, 0.1) is 41.8 Å². The maximum atomic E-state index is 12.1. The molecule has 0 saturated carbocycles. The van der Waals surface area contributed by atoms with Crippen LogP contribution in [0, 0.1) is 0 Å². The van der Waals surface area contributed by atoms with E-state index in [0.29, 0.717) is 52.8 Å². The molecule has 2 aromatic heterocycles. The predicted molar refractivity (Wildman–Crippen MR) is 125 cm³/mol. The number of amides is 1. The minimum atomic E-state index is -1.04. The van der Waals surface area contributed by atoms with Gasteiger partial charge >= 0.3 is 6.09 Å². The van der Waals surface area contributed by atoms with Gasteiger partial charge in [-0.1, -0.05) is 29.5 Å². The van der Waals surface area contributed by atoms with Gasteiger partial charge < -0.3 is 14.4 Å². The highest BCUT2D eigenvalue weighted by atomic mass is 32.2. The monoisotopic (exact) mass is 473 g/mol. The largest absolute Gasteiger partial charge is 0.418 e. The Morgan fingerprint density at radius 1 is 1.34 bits per heavy atom. The molecule has 1 fully saturated rings. The zero-order valence-electron chi connectivity index (χ0n) is 17.7. The number of carbonyl (C=O) groups excluding carboxylic acids is 1. The number of hydrogen-bond acceptors (Lipinski definition) is 9. The molecule has 11 heteroatoms. The maximum Gasteiger partial charge on any atom is 0.418 e. The summed E-state index contributed by atoms with van der Waals surface area (Å²) in [5.41, 5.74) is 0.691. The summed E-state index contributed by atoms with van der Waals surface area (Å²) in [7, 11) is -1.04. The number of hydrogen-bond donors (Lipinski definition) is 1. The highest BCUT2D eigenvalue weighted by Gasteiger charge is 2.22. The van der Waals surface area contributed by atoms with E-state index in [1.165, 1.54) is 11.3 Å². The number of nitrogens with one attached hydrogen (secondary N) is 1. The summed E-state index contributed by atoms with van der Waals surface area (Å²) < 4.78 is 22.6. The summed E-state index contributed by atoms with van der Waals surface area (Å²) in [5, 5.41) is 3.00. The Hall–Kier alpha value is -2.89. The average Bonchev–Trinajstić information content (AvgIpc) is 3.22. The highest BCUT2D eigenvalue weighted by molar-refractivity contribution is 7.83. The van der Waals surface area contributed by atoms with Crippen molar-refractivity contribution < 1.29 is 18.5 Å². The van der Waals surface area contributed by atoms with Gasteiger partial charge in [0.1, 0.15) is 11.6 Å². The number of morpholine rings is 1. The van der Waals surface area contributed by atoms with Gasteiger partial charge in [0.25, 0.3) is 0 Å². The van der Waals surface area contributed by atoms with Gasteiger partial charge in [0.15, 0.2) is 11.0 Å². The van der Waals surface area contributed by atoms with Crippen molar-refractivity contribution in [3.8, 4) is 16.5 Å². The molecule has 1 unspecified atom stereocenters. The number of carbonyl (C=O) groups is 1. The first-order valence-electron chi connectivity index (χ1n) is 10.0. The maximum absolute atomic E-state index is 12.1. The lowest BCUT2D eigenvalue weighted by Crippen LogP contribution is -2.44. The van der Waals surface area contributed by atoms with Gasteiger partial charge in [-0.15, -0.1) is 0 Å². The molecule has 2 atom stereocenters. The van der Waals surface area contributed by atoms with Crippen LogP contribution in [0.5, 0.6) is 5.75 Å². The molecular weight excluding hydrogens is 450 g/mol. The third-order valence-electron chi connectivity index (χ3n) is 4.67. The minimum Gasteiger partial charge on any atom is -0.410 e. The van der Waals surface area contributed by atoms with E-state index in [4.69, 9.17) is 14.5 Å². The van der Waals surface area contributed by atoms with Gasteiger partial charge in [-0.05, 0) is 19.1 Å². The normalized spacial score (nSPS) is 17.1. The number of anilines is 2. The summed E-state index contributed by atoms with van der Waals surface area (Å²) in [4.78, 5) is 28.6. The van der Waals surface area contributed by atoms with E-state index in [1.54, 1.807) is 36.7 Å². The fourth-order valence-electron chi connectivity index (χ4n) is 3.23. The second kappa shape index (κ2) is 10.2. The Balaban J connectivity index is 1.56. The lowest BCUT2D eigenvalue weighted by molar-refractivity contribution is 0.0985. The first-order chi connectivity index (χ1) is 15.5. The van der Waals surface area contributed by atoms with Gasteiger partial charge in [0.2, 0.25) is 0 Å². The predicted octanol–water partition coefficient (Wildman–Crippen LogP) is 3.31. The van der Waals surface area contributed by atoms with E-state index in [0.717, 1.165) is 5.82 Å². The highest BCUT2D eigenvalue weighted by Crippen LogP contribution is 2.29. The van der Waals surface area contributed by atoms with E-state index >= 15 is 0 Å². The van der Waals surface area contributed by atoms with Crippen molar-refractivity contribution in [3.05, 3.63) is 48.3 Å². The Labute approximate surface area is 192 Å². The summed E-state index contributed by atoms with van der Waals surface area (Å²) in [5.74, 6) is 2.00. The van der Waals surface area contributed by atoms with Crippen LogP contribution in [0.3, 0.4) is 0 Å². The van der Waals surface area contributed by atoms with Crippen molar-refractivity contribution in [2.24, 2.45) is 0 Å². The van der Waals surface area contributed by atoms with Crippen LogP contribution in [0.15, 0.2) is 42.6 Å². The summed E-state index contributed by atoms with van der Waals surface area (Å²) >= 11 is 1.24. The fourth-order valence-corrected chi connectivity index (χ4v) is 4.53. The molecule has 3 aromatic rings. The van der Waals surface area contributed by atoms with E-state index in [2.05, 4.69) is 27.1 Å². The molecule has 1 N–H and O–H groups in total. The zero-order chi connectivity index (χ0) is 22.5. The van der Waals surface area contributed by atoms with Crippen molar-refractivity contribution >= 4 is 39.2 Å². The lowest BCUT2D eigenvalue weighted by Gasteiger charge is -2.34. The molecule has 1 aliphatic rings. The molecule has 0 spiro atoms. The molecule has 0 radical (unpaired) electrons. The Morgan fingerprint density at radius 3 is 2.91 bits per heavy atom. The van der Waals surface area contributed by atoms with E-state index in [1.807, 2.05) is 12.1 Å². The second-order valence-corrected chi connectivity index (χ2v) is 9.70. The molecule has 1 amide bonds. The van der Waals surface area contributed by atoms with Crippen LogP contribution in [0.2, 0.25) is 0 Å². The standard InChI is InChI=1S/C21H23N5O4S2/c1-14-12-29-9-8-26(14)18-10-15(13-32(2)28)23-19(24-18)17-11-22-20(31-17)25-21(27)30-16-6-4-3-5-7-16/h3-7,10-11,14H,8-9,12-13H2,1-2H3,(H,22,25,27)/t14-,32?/m0/s1. The molecule has 0 aliphatic carbocycles. The van der Waals surface area contributed by atoms with Crippen molar-refractivity contribution in [2.45, 2.75) is 18.7 Å². The fraction of sp³-hybridized carbons (Fsp3) is 0.333. The summed E-state index contributed by atoms with van der Waals surface area (Å²) in [6.07, 6.45) is 2.62. The molecule has 1 saturated heterocycles. The van der Waals surface area contributed by atoms with Gasteiger partial charge in [-0.25, -0.2) is 19.7 Å². The molecule has 4 rings (SSSR count). The van der Waals surface area contributed by atoms with Gasteiger partial charge in [-0.2, -0.15) is 0 Å². The van der Waals surface area contributed by atoms with Crippen molar-refractivity contribution in [1.29, 1.82) is 0 Å². The van der Waals surface area contributed by atoms with E-state index in [9.17, 15) is 9.00 Å². The number of ether oxygens (including phenoxy) is 2. The van der Waals surface area contributed by atoms with Crippen LogP contribution in [-0.4, -0.2) is 57.3 Å². The number of benzene rings is 1. The first kappa shape index (κ1) is 22.3. The molecule has 0 bridgehead atoms. The quantitative estimate of drug-likeness (QED) is 0.581. The van der Waals surface area contributed by atoms with Crippen LogP contribution >= 0.6 is 11.3 Å². The van der Waals surface area contributed by atoms with E-state index < -0.39 is 16.9 Å². The summed E-state index contributed by atoms with van der Waals surface area (Å²) in [6.45, 7) is 4.03. The van der Waals surface area contributed by atoms with Crippen LogP contribution in [0.25, 0.3) is 10.7 Å². The zero-order valence-corrected chi connectivity index (χ0v) is 19.3. The van der Waals surface area contributed by atoms with Crippen molar-refractivity contribution in [3.63, 3.8) is 0 Å². The third-order valence-corrected chi connectivity index (χ3v) is 6.28. The molecule has 9 nitrogen and oxygen atoms in total. The van der Waals surface area contributed by atoms with Gasteiger partial charge in [-0.3, -0.25) is 9.53 Å². The minimum absolute atomic E-state index is 0.165. The average molecular weight is 474 g/mol. The molecule has 32 heavy (non-hydrogen) atoms. The number of para-hydroxylation sites is 1. The second-order valence-electron chi connectivity index (χ2n) is 7.23. The summed E-state index contributed by atoms with van der Waals surface area (Å²) in [6, 6.07) is 10.8. The topological polar surface area (TPSA) is 107 Å². The number of aromatic nitrogens is 3. The first-order valence-corrected chi connectivity index (χ1v) is 12.5.